The van der Waals surface area contributed by atoms with Gasteiger partial charge in [-0.1, -0.05) is 0 Å². The molecule has 1 aromatic rings. The van der Waals surface area contributed by atoms with Crippen LogP contribution in [0.3, 0.4) is 0 Å². The van der Waals surface area contributed by atoms with Crippen molar-refractivity contribution in [3.05, 3.63) is 34.1 Å². The Kier molecular flexibility index (Phi) is 3.48. The Morgan fingerprint density at radius 2 is 1.72 bits per heavy atom. The number of rotatable bonds is 2. The van der Waals surface area contributed by atoms with Crippen molar-refractivity contribution in [1.29, 1.82) is 0 Å². The molecule has 0 saturated carbocycles. The monoisotopic (exact) mass is 413 g/mol. The van der Waals surface area contributed by atoms with E-state index >= 15 is 13.2 Å². The van der Waals surface area contributed by atoms with Crippen LogP contribution in [0.15, 0.2) is 0 Å². The van der Waals surface area contributed by atoms with Crippen molar-refractivity contribution in [2.75, 3.05) is 13.0 Å². The number of hydrogen-bond donors (Lipinski definition) is 1. The van der Waals surface area contributed by atoms with Crippen LogP contribution in [0.1, 0.15) is 66.5 Å². The SMILES string of the molecule is [2H]C1([2H])C(c2c(F)c(F)c3c(c2F)CN(C2CCC(=O)NC2=O)C3=O)C([2H])([2H])N1C(C)(C)C. The molecule has 0 spiro atoms. The van der Waals surface area contributed by atoms with Gasteiger partial charge in [-0.2, -0.15) is 0 Å². The number of nitrogens with one attached hydrogen (secondary N) is 1. The van der Waals surface area contributed by atoms with Crippen LogP contribution in [0, 0.1) is 17.5 Å². The van der Waals surface area contributed by atoms with Gasteiger partial charge in [0.1, 0.15) is 11.9 Å². The lowest BCUT2D eigenvalue weighted by atomic mass is 9.85. The molecule has 2 fully saturated rings. The number of amides is 3. The number of likely N-dealkylation sites (tertiary alicyclic amines) is 1. The van der Waals surface area contributed by atoms with E-state index in [1.54, 1.807) is 0 Å². The maximum Gasteiger partial charge on any atom is 0.258 e. The van der Waals surface area contributed by atoms with Gasteiger partial charge in [-0.15, -0.1) is 0 Å². The summed E-state index contributed by atoms with van der Waals surface area (Å²) in [6.07, 6.45) is -0.163. The molecule has 1 unspecified atom stereocenters. The van der Waals surface area contributed by atoms with Crippen LogP contribution in [0.25, 0.3) is 0 Å². The van der Waals surface area contributed by atoms with Crippen LogP contribution in [0.2, 0.25) is 0 Å². The maximum atomic E-state index is 15.6. The van der Waals surface area contributed by atoms with Gasteiger partial charge in [0.25, 0.3) is 5.91 Å². The lowest BCUT2D eigenvalue weighted by Crippen LogP contribution is -2.55. The molecule has 0 bridgehead atoms. The first kappa shape index (κ1) is 15.4. The highest BCUT2D eigenvalue weighted by molar-refractivity contribution is 6.05. The van der Waals surface area contributed by atoms with Crippen LogP contribution in [-0.2, 0) is 16.1 Å². The highest BCUT2D eigenvalue weighted by Crippen LogP contribution is 2.40. The van der Waals surface area contributed by atoms with E-state index < -0.39 is 88.9 Å². The van der Waals surface area contributed by atoms with E-state index in [2.05, 4.69) is 0 Å². The van der Waals surface area contributed by atoms with Crippen molar-refractivity contribution in [1.82, 2.24) is 15.1 Å². The Balaban J connectivity index is 1.80. The van der Waals surface area contributed by atoms with Gasteiger partial charge in [-0.3, -0.25) is 24.6 Å². The number of benzene rings is 1. The number of piperidine rings is 1. The molecule has 3 amide bonds. The molecule has 3 aliphatic heterocycles. The molecule has 1 atom stereocenters. The Morgan fingerprint density at radius 1 is 1.07 bits per heavy atom. The van der Waals surface area contributed by atoms with Crippen LogP contribution >= 0.6 is 0 Å². The van der Waals surface area contributed by atoms with Crippen molar-refractivity contribution in [2.24, 2.45) is 0 Å². The summed E-state index contributed by atoms with van der Waals surface area (Å²) in [5.74, 6) is -9.48. The van der Waals surface area contributed by atoms with E-state index in [1.165, 1.54) is 20.8 Å². The summed E-state index contributed by atoms with van der Waals surface area (Å²) in [6, 6.07) is -1.19. The predicted octanol–water partition coefficient (Wildman–Crippen LogP) is 2.06. The number of halogens is 3. The molecule has 1 N–H and O–H groups in total. The molecule has 0 aliphatic carbocycles. The van der Waals surface area contributed by atoms with Crippen LogP contribution in [0.4, 0.5) is 13.2 Å². The van der Waals surface area contributed by atoms with Gasteiger partial charge in [0.05, 0.1) is 12.1 Å². The second-order valence-corrected chi connectivity index (χ2v) is 8.31. The highest BCUT2D eigenvalue weighted by atomic mass is 19.2. The predicted molar refractivity (Wildman–Crippen MR) is 96.4 cm³/mol. The second kappa shape index (κ2) is 6.55. The van der Waals surface area contributed by atoms with Crippen molar-refractivity contribution in [2.45, 2.75) is 57.7 Å². The number of carbonyl (C=O) groups excluding carboxylic acids is 3. The zero-order valence-electron chi connectivity index (χ0n) is 20.0. The molecule has 9 heteroatoms. The van der Waals surface area contributed by atoms with Crippen molar-refractivity contribution < 1.29 is 33.0 Å². The fraction of sp³-hybridized carbons (Fsp3) is 0.550. The quantitative estimate of drug-likeness (QED) is 0.595. The van der Waals surface area contributed by atoms with Crippen LogP contribution in [0.5, 0.6) is 0 Å². The highest BCUT2D eigenvalue weighted by Gasteiger charge is 2.46. The number of imide groups is 1. The number of carbonyl (C=O) groups is 3. The summed E-state index contributed by atoms with van der Waals surface area (Å²) in [4.78, 5) is 38.0. The summed E-state index contributed by atoms with van der Waals surface area (Å²) in [7, 11) is 0. The Bertz CT molecular complexity index is 1090. The molecule has 29 heavy (non-hydrogen) atoms. The second-order valence-electron chi connectivity index (χ2n) is 8.31. The lowest BCUT2D eigenvalue weighted by Gasteiger charge is -2.48. The summed E-state index contributed by atoms with van der Waals surface area (Å²) in [5.41, 5.74) is -3.64. The minimum atomic E-state index is -2.56. The molecule has 2 saturated heterocycles. The van der Waals surface area contributed by atoms with Crippen molar-refractivity contribution in [3.8, 4) is 0 Å². The van der Waals surface area contributed by atoms with E-state index in [9.17, 15) is 14.4 Å². The third-order valence-electron chi connectivity index (χ3n) is 5.32. The van der Waals surface area contributed by atoms with Gasteiger partial charge in [0.2, 0.25) is 11.8 Å². The Hall–Kier alpha value is -2.42. The average molecular weight is 413 g/mol. The van der Waals surface area contributed by atoms with E-state index in [4.69, 9.17) is 5.48 Å². The maximum absolute atomic E-state index is 15.6. The topological polar surface area (TPSA) is 69.7 Å². The number of fused-ring (bicyclic) bond motifs is 1. The molecule has 6 nitrogen and oxygen atoms in total. The first-order valence-corrected chi connectivity index (χ1v) is 9.17. The molecule has 0 aromatic heterocycles. The first-order valence-electron chi connectivity index (χ1n) is 11.2. The largest absolute Gasteiger partial charge is 0.322 e. The zero-order valence-corrected chi connectivity index (χ0v) is 16.0. The number of nitrogens with zero attached hydrogens (tertiary/aromatic N) is 2. The van der Waals surface area contributed by atoms with Crippen molar-refractivity contribution in [3.63, 3.8) is 0 Å². The fourth-order valence-electron chi connectivity index (χ4n) is 3.75. The molecule has 3 aliphatic rings. The smallest absolute Gasteiger partial charge is 0.258 e. The van der Waals surface area contributed by atoms with E-state index in [1.807, 2.05) is 5.32 Å². The van der Waals surface area contributed by atoms with Crippen LogP contribution in [-0.4, -0.2) is 52.1 Å². The van der Waals surface area contributed by atoms with E-state index in [-0.39, 0.29) is 12.8 Å². The van der Waals surface area contributed by atoms with Gasteiger partial charge in [-0.05, 0) is 27.2 Å². The van der Waals surface area contributed by atoms with Crippen molar-refractivity contribution >= 4 is 17.7 Å². The van der Waals surface area contributed by atoms with Crippen LogP contribution < -0.4 is 5.32 Å². The molecular weight excluding hydrogens is 387 g/mol. The van der Waals surface area contributed by atoms with E-state index in [0.717, 1.165) is 9.80 Å². The molecule has 156 valence electrons. The number of hydrogen-bond acceptors (Lipinski definition) is 4. The van der Waals surface area contributed by atoms with Gasteiger partial charge < -0.3 is 4.90 Å². The summed E-state index contributed by atoms with van der Waals surface area (Å²) >= 11 is 0. The van der Waals surface area contributed by atoms with E-state index in [0.29, 0.717) is 0 Å². The first-order chi connectivity index (χ1) is 15.0. The fourth-order valence-corrected chi connectivity index (χ4v) is 3.75. The average Bonchev–Trinajstić information content (AvgIpc) is 2.98. The molecule has 0 radical (unpaired) electrons. The minimum absolute atomic E-state index is 0.0722. The van der Waals surface area contributed by atoms with Gasteiger partial charge in [0, 0.05) is 47.5 Å². The third-order valence-corrected chi connectivity index (χ3v) is 5.32. The standard InChI is InChI=1S/C20H22F3N3O3/c1-20(2,3)25-6-9(7-25)13-15(21)10-8-26(11-4-5-12(27)24-18(11)28)19(29)14(10)17(23)16(13)22/h9,11H,4-8H2,1-3H3,(H,24,27,28)/i6D2,7D2. The normalized spacial score (nSPS) is 28.8. The minimum Gasteiger partial charge on any atom is -0.322 e. The molecule has 1 aromatic carbocycles. The Labute approximate surface area is 171 Å². The summed E-state index contributed by atoms with van der Waals surface area (Å²) in [6.45, 7) is -1.12. The lowest BCUT2D eigenvalue weighted by molar-refractivity contribution is -0.136. The summed E-state index contributed by atoms with van der Waals surface area (Å²) in [5, 5.41) is 2.04. The molecule has 4 rings (SSSR count). The van der Waals surface area contributed by atoms with Gasteiger partial charge in [0.15, 0.2) is 11.6 Å². The van der Waals surface area contributed by atoms with Gasteiger partial charge in [-0.25, -0.2) is 13.2 Å². The summed E-state index contributed by atoms with van der Waals surface area (Å²) < 4.78 is 79.0. The van der Waals surface area contributed by atoms with Gasteiger partial charge >= 0.3 is 0 Å². The molecular formula is C20H22F3N3O3. The third kappa shape index (κ3) is 3.02. The zero-order chi connectivity index (χ0) is 24.8. The molecule has 3 heterocycles. The Morgan fingerprint density at radius 3 is 2.31 bits per heavy atom.